The number of halogens is 1. The van der Waals surface area contributed by atoms with E-state index in [4.69, 9.17) is 11.6 Å². The molecule has 5 unspecified atom stereocenters. The Labute approximate surface area is 131 Å². The van der Waals surface area contributed by atoms with Crippen molar-refractivity contribution in [2.24, 2.45) is 23.7 Å². The van der Waals surface area contributed by atoms with Gasteiger partial charge in [0.1, 0.15) is 4.87 Å². The average Bonchev–Trinajstić information content (AvgIpc) is 3.10. The van der Waals surface area contributed by atoms with Crippen molar-refractivity contribution in [3.8, 4) is 0 Å². The summed E-state index contributed by atoms with van der Waals surface area (Å²) in [5.41, 5.74) is 0. The molecule has 3 rings (SSSR count). The maximum Gasteiger partial charge on any atom is 0.251 e. The van der Waals surface area contributed by atoms with E-state index in [-0.39, 0.29) is 29.6 Å². The summed E-state index contributed by atoms with van der Waals surface area (Å²) in [6, 6.07) is 0. The van der Waals surface area contributed by atoms with Crippen LogP contribution in [0, 0.1) is 23.7 Å². The topological polar surface area (TPSA) is 37.4 Å². The molecule has 0 aromatic rings. The summed E-state index contributed by atoms with van der Waals surface area (Å²) in [5.74, 6) is 0.150. The van der Waals surface area contributed by atoms with Gasteiger partial charge in [-0.25, -0.2) is 0 Å². The van der Waals surface area contributed by atoms with Crippen LogP contribution < -0.4 is 0 Å². The number of fused-ring (bicyclic) bond motifs is 5. The van der Waals surface area contributed by atoms with Gasteiger partial charge in [0.05, 0.1) is 5.92 Å². The molecule has 0 aromatic carbocycles. The summed E-state index contributed by atoms with van der Waals surface area (Å²) in [6.07, 6.45) is 9.37. The van der Waals surface area contributed by atoms with Gasteiger partial charge in [0, 0.05) is 12.5 Å². The molecule has 1 heterocycles. The van der Waals surface area contributed by atoms with Crippen LogP contribution >= 0.6 is 11.6 Å². The Morgan fingerprint density at radius 1 is 1.38 bits per heavy atom. The van der Waals surface area contributed by atoms with Gasteiger partial charge in [-0.1, -0.05) is 45.3 Å². The first-order chi connectivity index (χ1) is 10.0. The molecule has 2 aliphatic carbocycles. The smallest absolute Gasteiger partial charge is 0.251 e. The van der Waals surface area contributed by atoms with Crippen molar-refractivity contribution in [2.45, 2.75) is 50.8 Å². The van der Waals surface area contributed by atoms with E-state index in [1.54, 1.807) is 0 Å². The molecule has 2 fully saturated rings. The Morgan fingerprint density at radius 2 is 2.14 bits per heavy atom. The van der Waals surface area contributed by atoms with Crippen molar-refractivity contribution in [1.82, 2.24) is 4.90 Å². The lowest BCUT2D eigenvalue weighted by Gasteiger charge is -2.26. The molecule has 0 spiro atoms. The summed E-state index contributed by atoms with van der Waals surface area (Å²) in [4.78, 5) is 26.0. The van der Waals surface area contributed by atoms with Gasteiger partial charge in [-0.3, -0.25) is 14.5 Å². The highest BCUT2D eigenvalue weighted by Gasteiger charge is 2.69. The second kappa shape index (κ2) is 5.42. The van der Waals surface area contributed by atoms with Crippen LogP contribution in [0.1, 0.15) is 46.0 Å². The number of rotatable bonds is 6. The highest BCUT2D eigenvalue weighted by atomic mass is 35.5. The summed E-state index contributed by atoms with van der Waals surface area (Å²) in [5, 5.41) is 0. The van der Waals surface area contributed by atoms with Crippen LogP contribution in [-0.2, 0) is 9.59 Å². The molecular formula is C17H24ClNO2. The third kappa shape index (κ3) is 2.08. The number of amides is 2. The van der Waals surface area contributed by atoms with Gasteiger partial charge >= 0.3 is 0 Å². The number of unbranched alkanes of at least 4 members (excludes halogenated alkanes) is 1. The number of imide groups is 1. The second-order valence-electron chi connectivity index (χ2n) is 6.81. The number of carbonyl (C=O) groups excluding carboxylic acids is 2. The first-order valence-electron chi connectivity index (χ1n) is 8.27. The Bertz CT molecular complexity index is 489. The molecule has 21 heavy (non-hydrogen) atoms. The maximum absolute atomic E-state index is 12.8. The van der Waals surface area contributed by atoms with E-state index in [0.717, 1.165) is 32.1 Å². The lowest BCUT2D eigenvalue weighted by Crippen LogP contribution is -2.42. The van der Waals surface area contributed by atoms with E-state index >= 15 is 0 Å². The molecule has 1 saturated heterocycles. The molecule has 5 atom stereocenters. The van der Waals surface area contributed by atoms with E-state index in [0.29, 0.717) is 12.5 Å². The molecule has 0 N–H and O–H groups in total. The number of carbonyl (C=O) groups is 2. The number of hydrogen-bond donors (Lipinski definition) is 0. The molecule has 1 saturated carbocycles. The molecular weight excluding hydrogens is 286 g/mol. The van der Waals surface area contributed by atoms with Crippen LogP contribution in [0.4, 0.5) is 0 Å². The predicted molar refractivity (Wildman–Crippen MR) is 82.8 cm³/mol. The summed E-state index contributed by atoms with van der Waals surface area (Å²) >= 11 is 6.67. The highest BCUT2D eigenvalue weighted by Crippen LogP contribution is 2.58. The standard InChI is InChI=1S/C17H24ClNO2/c1-3-5-6-11(4-2)10-19-15(20)14-12-7-8-13(9-12)17(14,18)16(19)21/h7-8,11-14H,3-6,9-10H2,1-2H3. The molecule has 2 bridgehead atoms. The van der Waals surface area contributed by atoms with Crippen LogP contribution in [0.5, 0.6) is 0 Å². The molecule has 0 radical (unpaired) electrons. The number of nitrogens with zero attached hydrogens (tertiary/aromatic N) is 1. The van der Waals surface area contributed by atoms with Crippen molar-refractivity contribution in [3.63, 3.8) is 0 Å². The molecule has 3 aliphatic rings. The van der Waals surface area contributed by atoms with E-state index in [9.17, 15) is 9.59 Å². The number of allylic oxidation sites excluding steroid dienone is 2. The summed E-state index contributed by atoms with van der Waals surface area (Å²) in [6.45, 7) is 4.85. The lowest BCUT2D eigenvalue weighted by molar-refractivity contribution is -0.141. The number of likely N-dealkylation sites (tertiary alicyclic amines) is 1. The van der Waals surface area contributed by atoms with Crippen LogP contribution in [0.2, 0.25) is 0 Å². The van der Waals surface area contributed by atoms with Crippen molar-refractivity contribution in [3.05, 3.63) is 12.2 Å². The monoisotopic (exact) mass is 309 g/mol. The lowest BCUT2D eigenvalue weighted by atomic mass is 9.84. The van der Waals surface area contributed by atoms with E-state index in [1.165, 1.54) is 4.90 Å². The SMILES string of the molecule is CCCCC(CC)CN1C(=O)C2C3C=CC(C3)C2(Cl)C1=O. The van der Waals surface area contributed by atoms with Gasteiger partial charge < -0.3 is 0 Å². The quantitative estimate of drug-likeness (QED) is 0.428. The third-order valence-corrected chi connectivity index (χ3v) is 6.30. The average molecular weight is 310 g/mol. The fraction of sp³-hybridized carbons (Fsp3) is 0.765. The first-order valence-corrected chi connectivity index (χ1v) is 8.64. The molecule has 3 nitrogen and oxygen atoms in total. The van der Waals surface area contributed by atoms with E-state index in [1.807, 2.05) is 6.08 Å². The van der Waals surface area contributed by atoms with Gasteiger partial charge in [-0.15, -0.1) is 11.6 Å². The van der Waals surface area contributed by atoms with E-state index < -0.39 is 4.87 Å². The molecule has 2 amide bonds. The van der Waals surface area contributed by atoms with Crippen LogP contribution in [0.15, 0.2) is 12.2 Å². The minimum atomic E-state index is -0.973. The summed E-state index contributed by atoms with van der Waals surface area (Å²) < 4.78 is 0. The van der Waals surface area contributed by atoms with Gasteiger partial charge in [-0.05, 0) is 24.7 Å². The van der Waals surface area contributed by atoms with Crippen LogP contribution in [0.3, 0.4) is 0 Å². The largest absolute Gasteiger partial charge is 0.280 e. The van der Waals surface area contributed by atoms with Crippen molar-refractivity contribution in [2.75, 3.05) is 6.54 Å². The molecule has 1 aliphatic heterocycles. The Kier molecular flexibility index (Phi) is 3.89. The van der Waals surface area contributed by atoms with Gasteiger partial charge in [0.25, 0.3) is 5.91 Å². The van der Waals surface area contributed by atoms with Crippen molar-refractivity contribution < 1.29 is 9.59 Å². The predicted octanol–water partition coefficient (Wildman–Crippen LogP) is 3.37. The maximum atomic E-state index is 12.8. The van der Waals surface area contributed by atoms with Gasteiger partial charge in [0.2, 0.25) is 5.91 Å². The second-order valence-corrected chi connectivity index (χ2v) is 7.43. The number of alkyl halides is 1. The molecule has 4 heteroatoms. The fourth-order valence-corrected chi connectivity index (χ4v) is 4.82. The Balaban J connectivity index is 1.77. The zero-order valence-corrected chi connectivity index (χ0v) is 13.6. The Hall–Kier alpha value is -0.830. The Morgan fingerprint density at radius 3 is 2.76 bits per heavy atom. The van der Waals surface area contributed by atoms with Crippen LogP contribution in [-0.4, -0.2) is 28.1 Å². The molecule has 0 aromatic heterocycles. The van der Waals surface area contributed by atoms with Crippen LogP contribution in [0.25, 0.3) is 0 Å². The minimum Gasteiger partial charge on any atom is -0.280 e. The van der Waals surface area contributed by atoms with Gasteiger partial charge in [-0.2, -0.15) is 0 Å². The molecule has 116 valence electrons. The minimum absolute atomic E-state index is 0.0261. The summed E-state index contributed by atoms with van der Waals surface area (Å²) in [7, 11) is 0. The van der Waals surface area contributed by atoms with Gasteiger partial charge in [0.15, 0.2) is 0 Å². The third-order valence-electron chi connectivity index (χ3n) is 5.63. The fourth-order valence-electron chi connectivity index (χ4n) is 4.31. The highest BCUT2D eigenvalue weighted by molar-refractivity contribution is 6.41. The normalized spacial score (nSPS) is 38.4. The first kappa shape index (κ1) is 15.1. The zero-order chi connectivity index (χ0) is 15.2. The van der Waals surface area contributed by atoms with E-state index in [2.05, 4.69) is 19.9 Å². The number of hydrogen-bond acceptors (Lipinski definition) is 2. The van der Waals surface area contributed by atoms with Crippen molar-refractivity contribution in [1.29, 1.82) is 0 Å². The van der Waals surface area contributed by atoms with Crippen molar-refractivity contribution >= 4 is 23.4 Å². The zero-order valence-electron chi connectivity index (χ0n) is 12.8.